The van der Waals surface area contributed by atoms with Crippen LogP contribution in [0.5, 0.6) is 0 Å². The molecule has 0 aliphatic carbocycles. The van der Waals surface area contributed by atoms with Crippen LogP contribution in [0.15, 0.2) is 36.5 Å². The summed E-state index contributed by atoms with van der Waals surface area (Å²) in [6, 6.07) is 6.04. The first-order valence-electron chi connectivity index (χ1n) is 6.53. The summed E-state index contributed by atoms with van der Waals surface area (Å²) in [5.41, 5.74) is 11.9. The van der Waals surface area contributed by atoms with E-state index in [2.05, 4.69) is 15.0 Å². The molecule has 0 saturated heterocycles. The number of H-pyrrole nitrogens is 1. The molecular weight excluding hydrogens is 340 g/mol. The number of amides is 1. The summed E-state index contributed by atoms with van der Waals surface area (Å²) in [6.07, 6.45) is 1.45. The number of aromatic amines is 1. The number of nitrogen functional groups attached to an aromatic ring is 1. The second-order valence-corrected chi connectivity index (χ2v) is 4.76. The van der Waals surface area contributed by atoms with Gasteiger partial charge in [-0.25, -0.2) is 18.7 Å². The molecule has 3 rings (SSSR count). The number of aromatic nitrogens is 3. The monoisotopic (exact) mass is 351 g/mol. The molecule has 1 amide bonds. The fourth-order valence-corrected chi connectivity index (χ4v) is 2.22. The minimum Gasteiger partial charge on any atom is -0.368 e. The van der Waals surface area contributed by atoms with E-state index in [4.69, 9.17) is 11.5 Å². The summed E-state index contributed by atoms with van der Waals surface area (Å²) in [6.45, 7) is 0. The number of rotatable bonds is 3. The molecule has 0 aliphatic heterocycles. The lowest BCUT2D eigenvalue weighted by Gasteiger charge is -2.03. The lowest BCUT2D eigenvalue weighted by molar-refractivity contribution is 0.100. The zero-order chi connectivity index (χ0) is 16.6. The second kappa shape index (κ2) is 6.63. The van der Waals surface area contributed by atoms with Gasteiger partial charge in [-0.3, -0.25) is 4.79 Å². The molecule has 124 valence electrons. The predicted octanol–water partition coefficient (Wildman–Crippen LogP) is 2.52. The number of nitrogens with one attached hydrogen (secondary N) is 1. The predicted molar refractivity (Wildman–Crippen MR) is 87.3 cm³/mol. The van der Waals surface area contributed by atoms with E-state index in [1.54, 1.807) is 6.07 Å². The second-order valence-electron chi connectivity index (χ2n) is 4.76. The molecule has 0 saturated carbocycles. The maximum atomic E-state index is 14.0. The minimum atomic E-state index is -0.817. The highest BCUT2D eigenvalue weighted by atomic mass is 35.5. The Kier molecular flexibility index (Phi) is 4.79. The Bertz CT molecular complexity index is 913. The molecule has 2 heterocycles. The molecule has 0 bridgehead atoms. The molecule has 0 atom stereocenters. The Morgan fingerprint density at radius 2 is 1.92 bits per heavy atom. The van der Waals surface area contributed by atoms with Crippen molar-refractivity contribution in [2.75, 3.05) is 5.73 Å². The Labute approximate surface area is 141 Å². The van der Waals surface area contributed by atoms with Gasteiger partial charge in [-0.2, -0.15) is 0 Å². The van der Waals surface area contributed by atoms with Gasteiger partial charge in [0, 0.05) is 17.8 Å². The molecular formula is C15H12ClF2N5O. The van der Waals surface area contributed by atoms with Gasteiger partial charge in [0.25, 0.3) is 5.91 Å². The summed E-state index contributed by atoms with van der Waals surface area (Å²) in [5.74, 6) is -2.24. The molecule has 24 heavy (non-hydrogen) atoms. The van der Waals surface area contributed by atoms with Crippen molar-refractivity contribution in [2.45, 2.75) is 0 Å². The van der Waals surface area contributed by atoms with Gasteiger partial charge in [-0.1, -0.05) is 0 Å². The van der Waals surface area contributed by atoms with Crippen LogP contribution in [0.1, 0.15) is 10.4 Å². The van der Waals surface area contributed by atoms with Crippen molar-refractivity contribution >= 4 is 24.3 Å². The van der Waals surface area contributed by atoms with Crippen molar-refractivity contribution in [3.63, 3.8) is 0 Å². The quantitative estimate of drug-likeness (QED) is 0.673. The van der Waals surface area contributed by atoms with Crippen molar-refractivity contribution in [3.05, 3.63) is 53.7 Å². The third-order valence-electron chi connectivity index (χ3n) is 3.23. The standard InChI is InChI=1S/C15H11F2N5O.ClH/c16-7-1-2-8(10(17)5-7)13-9(14(18)23)6-12(21-13)11-3-4-20-15(19)22-11;/h1-6,21H,(H2,18,23)(H2,19,20,22);1H. The number of benzene rings is 1. The highest BCUT2D eigenvalue weighted by Crippen LogP contribution is 2.30. The van der Waals surface area contributed by atoms with Crippen LogP contribution in [-0.2, 0) is 0 Å². The van der Waals surface area contributed by atoms with Crippen LogP contribution in [0.2, 0.25) is 0 Å². The molecule has 0 aliphatic rings. The number of carbonyl (C=O) groups is 1. The summed E-state index contributed by atoms with van der Waals surface area (Å²) in [5, 5.41) is 0. The number of halogens is 3. The Balaban J connectivity index is 0.00000208. The average molecular weight is 352 g/mol. The third-order valence-corrected chi connectivity index (χ3v) is 3.23. The van der Waals surface area contributed by atoms with Crippen molar-refractivity contribution < 1.29 is 13.6 Å². The van der Waals surface area contributed by atoms with Crippen LogP contribution in [0.3, 0.4) is 0 Å². The summed E-state index contributed by atoms with van der Waals surface area (Å²) in [4.78, 5) is 22.3. The van der Waals surface area contributed by atoms with Crippen LogP contribution in [0, 0.1) is 11.6 Å². The zero-order valence-electron chi connectivity index (χ0n) is 12.1. The molecule has 3 aromatic rings. The van der Waals surface area contributed by atoms with E-state index in [-0.39, 0.29) is 35.2 Å². The normalized spacial score (nSPS) is 10.2. The molecule has 1 aromatic carbocycles. The lowest BCUT2D eigenvalue weighted by atomic mass is 10.1. The van der Waals surface area contributed by atoms with E-state index >= 15 is 0 Å². The van der Waals surface area contributed by atoms with E-state index in [0.717, 1.165) is 12.1 Å². The van der Waals surface area contributed by atoms with E-state index in [1.165, 1.54) is 18.3 Å². The molecule has 9 heteroatoms. The average Bonchev–Trinajstić information content (AvgIpc) is 2.92. The lowest BCUT2D eigenvalue weighted by Crippen LogP contribution is -2.11. The third kappa shape index (κ3) is 3.18. The summed E-state index contributed by atoms with van der Waals surface area (Å²) >= 11 is 0. The number of nitrogens with two attached hydrogens (primary N) is 2. The van der Waals surface area contributed by atoms with Gasteiger partial charge in [-0.15, -0.1) is 12.4 Å². The smallest absolute Gasteiger partial charge is 0.250 e. The van der Waals surface area contributed by atoms with E-state index in [9.17, 15) is 13.6 Å². The van der Waals surface area contributed by atoms with Crippen molar-refractivity contribution in [2.24, 2.45) is 5.73 Å². The van der Waals surface area contributed by atoms with E-state index < -0.39 is 17.5 Å². The van der Waals surface area contributed by atoms with Crippen molar-refractivity contribution in [1.29, 1.82) is 0 Å². The molecule has 6 nitrogen and oxygen atoms in total. The van der Waals surface area contributed by atoms with Crippen LogP contribution in [0.25, 0.3) is 22.6 Å². The van der Waals surface area contributed by atoms with Gasteiger partial charge in [0.15, 0.2) is 0 Å². The number of nitrogens with zero attached hydrogens (tertiary/aromatic N) is 2. The minimum absolute atomic E-state index is 0. The topological polar surface area (TPSA) is 111 Å². The maximum Gasteiger partial charge on any atom is 0.250 e. The summed E-state index contributed by atoms with van der Waals surface area (Å²) < 4.78 is 27.1. The molecule has 5 N–H and O–H groups in total. The Morgan fingerprint density at radius 3 is 2.54 bits per heavy atom. The fraction of sp³-hybridized carbons (Fsp3) is 0. The van der Waals surface area contributed by atoms with Gasteiger partial charge in [0.2, 0.25) is 5.95 Å². The molecule has 0 fully saturated rings. The van der Waals surface area contributed by atoms with Crippen molar-refractivity contribution in [3.8, 4) is 22.6 Å². The summed E-state index contributed by atoms with van der Waals surface area (Å²) in [7, 11) is 0. The highest BCUT2D eigenvalue weighted by Gasteiger charge is 2.19. The molecule has 0 spiro atoms. The number of primary amides is 1. The van der Waals surface area contributed by atoms with Gasteiger partial charge in [0.1, 0.15) is 11.6 Å². The van der Waals surface area contributed by atoms with E-state index in [1.807, 2.05) is 0 Å². The SMILES string of the molecule is Cl.NC(=O)c1cc(-c2ccnc(N)n2)[nH]c1-c1ccc(F)cc1F. The Morgan fingerprint density at radius 1 is 1.17 bits per heavy atom. The Hall–Kier alpha value is -3.00. The van der Waals surface area contributed by atoms with Crippen LogP contribution < -0.4 is 11.5 Å². The number of anilines is 1. The van der Waals surface area contributed by atoms with Gasteiger partial charge < -0.3 is 16.5 Å². The van der Waals surface area contributed by atoms with Crippen molar-refractivity contribution in [1.82, 2.24) is 15.0 Å². The number of hydrogen-bond acceptors (Lipinski definition) is 4. The van der Waals surface area contributed by atoms with E-state index in [0.29, 0.717) is 11.4 Å². The van der Waals surface area contributed by atoms with Gasteiger partial charge in [-0.05, 0) is 24.3 Å². The molecule has 2 aromatic heterocycles. The van der Waals surface area contributed by atoms with Crippen LogP contribution in [-0.4, -0.2) is 20.9 Å². The van der Waals surface area contributed by atoms with Gasteiger partial charge in [0.05, 0.1) is 22.6 Å². The highest BCUT2D eigenvalue weighted by molar-refractivity contribution is 6.00. The first-order chi connectivity index (χ1) is 11.0. The van der Waals surface area contributed by atoms with Crippen LogP contribution in [0.4, 0.5) is 14.7 Å². The molecule has 0 radical (unpaired) electrons. The number of hydrogen-bond donors (Lipinski definition) is 3. The van der Waals surface area contributed by atoms with Crippen LogP contribution >= 0.6 is 12.4 Å². The first kappa shape index (κ1) is 17.4. The largest absolute Gasteiger partial charge is 0.368 e. The van der Waals surface area contributed by atoms with Gasteiger partial charge >= 0.3 is 0 Å². The maximum absolute atomic E-state index is 14.0. The fourth-order valence-electron chi connectivity index (χ4n) is 2.22. The zero-order valence-corrected chi connectivity index (χ0v) is 12.9. The first-order valence-corrected chi connectivity index (χ1v) is 6.53. The number of carbonyl (C=O) groups excluding carboxylic acids is 1. The molecule has 0 unspecified atom stereocenters.